The Balaban J connectivity index is 3.81. The standard InChI is InChI=1S/C11H16O4/c1-11(2,3)15-10(13)8-6-5-7-9(12)14-4/h6,8H2,1-4H3. The van der Waals surface area contributed by atoms with Crippen LogP contribution >= 0.6 is 0 Å². The van der Waals surface area contributed by atoms with Gasteiger partial charge in [0.25, 0.3) is 0 Å². The van der Waals surface area contributed by atoms with E-state index >= 15 is 0 Å². The Morgan fingerprint density at radius 3 is 2.33 bits per heavy atom. The van der Waals surface area contributed by atoms with Crippen molar-refractivity contribution in [2.24, 2.45) is 0 Å². The predicted molar refractivity (Wildman–Crippen MR) is 54.9 cm³/mol. The highest BCUT2D eigenvalue weighted by Gasteiger charge is 2.15. The van der Waals surface area contributed by atoms with E-state index in [1.165, 1.54) is 7.11 Å². The molecule has 0 aromatic rings. The van der Waals surface area contributed by atoms with E-state index in [4.69, 9.17) is 4.74 Å². The van der Waals surface area contributed by atoms with E-state index in [2.05, 4.69) is 16.6 Å². The molecule has 0 saturated heterocycles. The molecule has 0 rings (SSSR count). The molecule has 0 unspecified atom stereocenters. The lowest BCUT2D eigenvalue weighted by molar-refractivity contribution is -0.154. The molecule has 0 radical (unpaired) electrons. The second kappa shape index (κ2) is 6.07. The van der Waals surface area contributed by atoms with Gasteiger partial charge in [0, 0.05) is 12.3 Å². The van der Waals surface area contributed by atoms with Gasteiger partial charge in [-0.2, -0.15) is 0 Å². The van der Waals surface area contributed by atoms with Crippen molar-refractivity contribution in [3.05, 3.63) is 0 Å². The smallest absolute Gasteiger partial charge is 0.384 e. The zero-order valence-corrected chi connectivity index (χ0v) is 9.55. The molecule has 0 aromatic heterocycles. The lowest BCUT2D eigenvalue weighted by atomic mass is 10.2. The van der Waals surface area contributed by atoms with E-state index in [0.29, 0.717) is 6.42 Å². The van der Waals surface area contributed by atoms with Gasteiger partial charge in [-0.3, -0.25) is 4.79 Å². The van der Waals surface area contributed by atoms with Gasteiger partial charge in [-0.1, -0.05) is 5.92 Å². The molecular weight excluding hydrogens is 196 g/mol. The average molecular weight is 212 g/mol. The Morgan fingerprint density at radius 1 is 1.27 bits per heavy atom. The monoisotopic (exact) mass is 212 g/mol. The summed E-state index contributed by atoms with van der Waals surface area (Å²) in [5.41, 5.74) is -0.479. The minimum absolute atomic E-state index is 0.182. The van der Waals surface area contributed by atoms with Crippen LogP contribution in [0.3, 0.4) is 0 Å². The Labute approximate surface area is 89.9 Å². The topological polar surface area (TPSA) is 52.6 Å². The van der Waals surface area contributed by atoms with Crippen molar-refractivity contribution >= 4 is 11.9 Å². The minimum atomic E-state index is -0.598. The Morgan fingerprint density at radius 2 is 1.87 bits per heavy atom. The molecule has 84 valence electrons. The largest absolute Gasteiger partial charge is 0.460 e. The molecule has 0 bridgehead atoms. The SMILES string of the molecule is COC(=O)C#CCCC(=O)OC(C)(C)C. The van der Waals surface area contributed by atoms with E-state index in [-0.39, 0.29) is 12.4 Å². The first-order valence-corrected chi connectivity index (χ1v) is 4.64. The van der Waals surface area contributed by atoms with Gasteiger partial charge < -0.3 is 9.47 Å². The van der Waals surface area contributed by atoms with Crippen LogP contribution in [0.2, 0.25) is 0 Å². The second-order valence-electron chi connectivity index (χ2n) is 3.88. The quantitative estimate of drug-likeness (QED) is 0.393. The van der Waals surface area contributed by atoms with Crippen LogP contribution < -0.4 is 0 Å². The van der Waals surface area contributed by atoms with E-state index in [1.54, 1.807) is 20.8 Å². The van der Waals surface area contributed by atoms with E-state index in [1.807, 2.05) is 0 Å². The maximum atomic E-state index is 11.2. The van der Waals surface area contributed by atoms with Gasteiger partial charge in [-0.25, -0.2) is 4.79 Å². The number of carbonyl (C=O) groups excluding carboxylic acids is 2. The Kier molecular flexibility index (Phi) is 5.46. The summed E-state index contributed by atoms with van der Waals surface area (Å²) in [5.74, 6) is 3.84. The van der Waals surface area contributed by atoms with Gasteiger partial charge in [0.05, 0.1) is 13.5 Å². The Bertz CT molecular complexity index is 288. The van der Waals surface area contributed by atoms with Crippen molar-refractivity contribution in [1.82, 2.24) is 0 Å². The highest BCUT2D eigenvalue weighted by molar-refractivity contribution is 5.88. The third-order valence-electron chi connectivity index (χ3n) is 1.25. The minimum Gasteiger partial charge on any atom is -0.460 e. The average Bonchev–Trinajstić information content (AvgIpc) is 2.09. The molecule has 0 amide bonds. The second-order valence-corrected chi connectivity index (χ2v) is 3.88. The predicted octanol–water partition coefficient (Wildman–Crippen LogP) is 1.28. The van der Waals surface area contributed by atoms with E-state index < -0.39 is 11.6 Å². The summed E-state index contributed by atoms with van der Waals surface area (Å²) in [4.78, 5) is 21.7. The summed E-state index contributed by atoms with van der Waals surface area (Å²) >= 11 is 0. The summed E-state index contributed by atoms with van der Waals surface area (Å²) in [7, 11) is 1.25. The molecule has 0 saturated carbocycles. The summed E-state index contributed by atoms with van der Waals surface area (Å²) in [6.45, 7) is 5.39. The normalized spacial score (nSPS) is 9.87. The van der Waals surface area contributed by atoms with Crippen LogP contribution in [0.25, 0.3) is 0 Å². The third kappa shape index (κ3) is 8.82. The van der Waals surface area contributed by atoms with Crippen LogP contribution in [0.4, 0.5) is 0 Å². The van der Waals surface area contributed by atoms with E-state index in [9.17, 15) is 9.59 Å². The fourth-order valence-corrected chi connectivity index (χ4v) is 0.743. The van der Waals surface area contributed by atoms with Crippen molar-refractivity contribution in [1.29, 1.82) is 0 Å². The number of methoxy groups -OCH3 is 1. The highest BCUT2D eigenvalue weighted by atomic mass is 16.6. The molecule has 0 N–H and O–H groups in total. The molecule has 4 nitrogen and oxygen atoms in total. The van der Waals surface area contributed by atoms with Crippen LogP contribution in [0.1, 0.15) is 33.6 Å². The first-order chi connectivity index (χ1) is 6.85. The van der Waals surface area contributed by atoms with Gasteiger partial charge in [0.15, 0.2) is 0 Å². The van der Waals surface area contributed by atoms with Gasteiger partial charge in [-0.05, 0) is 20.8 Å². The lowest BCUT2D eigenvalue weighted by Crippen LogP contribution is -2.23. The maximum Gasteiger partial charge on any atom is 0.384 e. The summed E-state index contributed by atoms with van der Waals surface area (Å²) in [5, 5.41) is 0. The number of hydrogen-bond acceptors (Lipinski definition) is 4. The number of rotatable bonds is 2. The first-order valence-electron chi connectivity index (χ1n) is 4.64. The number of hydrogen-bond donors (Lipinski definition) is 0. The van der Waals surface area contributed by atoms with Gasteiger partial charge in [0.2, 0.25) is 0 Å². The van der Waals surface area contributed by atoms with Crippen LogP contribution in [0, 0.1) is 11.8 Å². The molecular formula is C11H16O4. The van der Waals surface area contributed by atoms with Crippen molar-refractivity contribution in [3.8, 4) is 11.8 Å². The van der Waals surface area contributed by atoms with Gasteiger partial charge in [0.1, 0.15) is 5.60 Å². The van der Waals surface area contributed by atoms with Crippen LogP contribution in [-0.4, -0.2) is 24.6 Å². The Hall–Kier alpha value is -1.50. The van der Waals surface area contributed by atoms with Crippen LogP contribution in [-0.2, 0) is 19.1 Å². The molecule has 0 heterocycles. The highest BCUT2D eigenvalue weighted by Crippen LogP contribution is 2.08. The lowest BCUT2D eigenvalue weighted by Gasteiger charge is -2.18. The zero-order valence-electron chi connectivity index (χ0n) is 9.55. The fraction of sp³-hybridized carbons (Fsp3) is 0.636. The third-order valence-corrected chi connectivity index (χ3v) is 1.25. The van der Waals surface area contributed by atoms with Crippen molar-refractivity contribution in [2.45, 2.75) is 39.2 Å². The molecule has 0 spiro atoms. The van der Waals surface area contributed by atoms with Crippen LogP contribution in [0.15, 0.2) is 0 Å². The molecule has 0 aliphatic heterocycles. The van der Waals surface area contributed by atoms with Crippen LogP contribution in [0.5, 0.6) is 0 Å². The maximum absolute atomic E-state index is 11.2. The summed E-state index contributed by atoms with van der Waals surface area (Å²) in [6, 6.07) is 0. The molecule has 4 heteroatoms. The molecule has 15 heavy (non-hydrogen) atoms. The fourth-order valence-electron chi connectivity index (χ4n) is 0.743. The number of esters is 2. The number of ether oxygens (including phenoxy) is 2. The first kappa shape index (κ1) is 13.5. The van der Waals surface area contributed by atoms with Crippen molar-refractivity contribution in [2.75, 3.05) is 7.11 Å². The van der Waals surface area contributed by atoms with Gasteiger partial charge >= 0.3 is 11.9 Å². The molecule has 0 aromatic carbocycles. The van der Waals surface area contributed by atoms with Crippen molar-refractivity contribution < 1.29 is 19.1 Å². The molecule has 0 aliphatic rings. The summed E-state index contributed by atoms with van der Waals surface area (Å²) in [6.07, 6.45) is 0.477. The number of carbonyl (C=O) groups is 2. The molecule has 0 fully saturated rings. The molecule has 0 aliphatic carbocycles. The summed E-state index contributed by atoms with van der Waals surface area (Å²) < 4.78 is 9.36. The molecule has 0 atom stereocenters. The van der Waals surface area contributed by atoms with Crippen molar-refractivity contribution in [3.63, 3.8) is 0 Å². The zero-order chi connectivity index (χ0) is 11.9. The van der Waals surface area contributed by atoms with E-state index in [0.717, 1.165) is 0 Å². The van der Waals surface area contributed by atoms with Gasteiger partial charge in [-0.15, -0.1) is 0 Å².